The van der Waals surface area contributed by atoms with Crippen LogP contribution in [-0.2, 0) is 12.7 Å². The molecule has 11 heteroatoms. The Morgan fingerprint density at radius 3 is 2.54 bits per heavy atom. The maximum atomic E-state index is 13.0. The smallest absolute Gasteiger partial charge is 0.416 e. The van der Waals surface area contributed by atoms with Crippen molar-refractivity contribution in [1.82, 2.24) is 19.9 Å². The second-order valence-electron chi connectivity index (χ2n) is 8.14. The summed E-state index contributed by atoms with van der Waals surface area (Å²) in [6.45, 7) is 2.02. The van der Waals surface area contributed by atoms with Crippen molar-refractivity contribution >= 4 is 16.9 Å². The van der Waals surface area contributed by atoms with Gasteiger partial charge in [-0.1, -0.05) is 35.5 Å². The third-order valence-corrected chi connectivity index (χ3v) is 5.81. The zero-order valence-electron chi connectivity index (χ0n) is 18.3. The number of hydrogen-bond acceptors (Lipinski definition) is 7. The molecule has 1 saturated heterocycles. The molecule has 1 amide bonds. The summed E-state index contributed by atoms with van der Waals surface area (Å²) in [5.41, 5.74) is -0.853. The highest BCUT2D eigenvalue weighted by Crippen LogP contribution is 2.31. The summed E-state index contributed by atoms with van der Waals surface area (Å²) in [6.07, 6.45) is -4.46. The van der Waals surface area contributed by atoms with E-state index in [0.717, 1.165) is 12.1 Å². The van der Waals surface area contributed by atoms with Gasteiger partial charge in [0.15, 0.2) is 0 Å². The first-order valence-electron chi connectivity index (χ1n) is 10.8. The fourth-order valence-corrected chi connectivity index (χ4v) is 3.95. The number of amides is 1. The molecule has 0 bridgehead atoms. The molecule has 1 fully saturated rings. The van der Waals surface area contributed by atoms with E-state index < -0.39 is 23.3 Å². The van der Waals surface area contributed by atoms with Crippen molar-refractivity contribution in [2.24, 2.45) is 0 Å². The van der Waals surface area contributed by atoms with Gasteiger partial charge in [0.05, 0.1) is 12.1 Å². The standard InChI is InChI=1S/C24H19F3N4O4/c25-24(26,27)17-6-3-5-16(12-17)21-28-20(35-29-21)14-30-8-10-31(11-9-30)22(32)18-13-15-4-1-2-7-19(15)34-23(18)33/h1-7,12-13H,8-11,14H2. The molecule has 180 valence electrons. The van der Waals surface area contributed by atoms with Gasteiger partial charge >= 0.3 is 11.8 Å². The van der Waals surface area contributed by atoms with Gasteiger partial charge in [-0.15, -0.1) is 0 Å². The SMILES string of the molecule is O=C(c1cc2ccccc2oc1=O)N1CCN(Cc2nc(-c3cccc(C(F)(F)F)c3)no2)CC1. The molecule has 8 nitrogen and oxygen atoms in total. The molecule has 4 aromatic rings. The predicted octanol–water partition coefficient (Wildman–Crippen LogP) is 3.82. The number of carbonyl (C=O) groups excluding carboxylic acids is 1. The molecule has 0 N–H and O–H groups in total. The van der Waals surface area contributed by atoms with Gasteiger partial charge in [0, 0.05) is 37.1 Å². The van der Waals surface area contributed by atoms with Crippen LogP contribution in [0.4, 0.5) is 13.2 Å². The molecule has 0 radical (unpaired) electrons. The van der Waals surface area contributed by atoms with Gasteiger partial charge in [0.1, 0.15) is 11.1 Å². The summed E-state index contributed by atoms with van der Waals surface area (Å²) in [5, 5.41) is 4.47. The lowest BCUT2D eigenvalue weighted by Gasteiger charge is -2.33. The first-order valence-corrected chi connectivity index (χ1v) is 10.8. The van der Waals surface area contributed by atoms with Gasteiger partial charge in [0.2, 0.25) is 11.7 Å². The molecule has 0 unspecified atom stereocenters. The van der Waals surface area contributed by atoms with Crippen LogP contribution < -0.4 is 5.63 Å². The number of hydrogen-bond donors (Lipinski definition) is 0. The largest absolute Gasteiger partial charge is 0.422 e. The Kier molecular flexibility index (Phi) is 5.85. The van der Waals surface area contributed by atoms with E-state index in [4.69, 9.17) is 8.94 Å². The molecule has 0 spiro atoms. The lowest BCUT2D eigenvalue weighted by atomic mass is 10.1. The Balaban J connectivity index is 1.22. The molecular formula is C24H19F3N4O4. The summed E-state index contributed by atoms with van der Waals surface area (Å²) in [6, 6.07) is 13.3. The van der Waals surface area contributed by atoms with E-state index in [1.165, 1.54) is 12.1 Å². The van der Waals surface area contributed by atoms with Crippen molar-refractivity contribution in [3.63, 3.8) is 0 Å². The van der Waals surface area contributed by atoms with E-state index in [1.54, 1.807) is 35.2 Å². The van der Waals surface area contributed by atoms with E-state index in [0.29, 0.717) is 37.1 Å². The number of piperazine rings is 1. The van der Waals surface area contributed by atoms with Crippen molar-refractivity contribution in [3.05, 3.63) is 82.0 Å². The van der Waals surface area contributed by atoms with Gasteiger partial charge in [-0.25, -0.2) is 4.79 Å². The number of benzene rings is 2. The Hall–Kier alpha value is -3.99. The molecule has 0 atom stereocenters. The second kappa shape index (κ2) is 8.99. The average molecular weight is 484 g/mol. The molecule has 5 rings (SSSR count). The number of carbonyl (C=O) groups is 1. The number of alkyl halides is 3. The monoisotopic (exact) mass is 484 g/mol. The Morgan fingerprint density at radius 2 is 1.77 bits per heavy atom. The zero-order valence-corrected chi connectivity index (χ0v) is 18.3. The number of aromatic nitrogens is 2. The minimum atomic E-state index is -4.46. The Labute approximate surface area is 196 Å². The van der Waals surface area contributed by atoms with E-state index in [-0.39, 0.29) is 29.4 Å². The van der Waals surface area contributed by atoms with Crippen molar-refractivity contribution in [3.8, 4) is 11.4 Å². The van der Waals surface area contributed by atoms with Crippen LogP contribution in [0.1, 0.15) is 21.8 Å². The van der Waals surface area contributed by atoms with Crippen molar-refractivity contribution in [2.45, 2.75) is 12.7 Å². The van der Waals surface area contributed by atoms with Gasteiger partial charge in [0.25, 0.3) is 5.91 Å². The van der Waals surface area contributed by atoms with Crippen LogP contribution in [0, 0.1) is 0 Å². The van der Waals surface area contributed by atoms with Crippen molar-refractivity contribution in [1.29, 1.82) is 0 Å². The summed E-state index contributed by atoms with van der Waals surface area (Å²) in [4.78, 5) is 33.0. The average Bonchev–Trinajstić information content (AvgIpc) is 3.32. The zero-order chi connectivity index (χ0) is 24.6. The summed E-state index contributed by atoms with van der Waals surface area (Å²) >= 11 is 0. The fourth-order valence-electron chi connectivity index (χ4n) is 3.95. The topological polar surface area (TPSA) is 92.7 Å². The van der Waals surface area contributed by atoms with Gasteiger partial charge in [-0.05, 0) is 24.3 Å². The maximum absolute atomic E-state index is 13.0. The highest BCUT2D eigenvalue weighted by molar-refractivity contribution is 5.96. The molecule has 1 aliphatic rings. The number of nitrogens with zero attached hydrogens (tertiary/aromatic N) is 4. The molecule has 0 saturated carbocycles. The van der Waals surface area contributed by atoms with Crippen molar-refractivity contribution in [2.75, 3.05) is 26.2 Å². The van der Waals surface area contributed by atoms with Crippen LogP contribution in [0.3, 0.4) is 0 Å². The van der Waals surface area contributed by atoms with Crippen LogP contribution >= 0.6 is 0 Å². The maximum Gasteiger partial charge on any atom is 0.416 e. The quantitative estimate of drug-likeness (QED) is 0.407. The lowest BCUT2D eigenvalue weighted by Crippen LogP contribution is -2.49. The minimum Gasteiger partial charge on any atom is -0.422 e. The van der Waals surface area contributed by atoms with Crippen LogP contribution in [-0.4, -0.2) is 52.0 Å². The lowest BCUT2D eigenvalue weighted by molar-refractivity contribution is -0.137. The van der Waals surface area contributed by atoms with Crippen LogP contribution in [0.25, 0.3) is 22.4 Å². The van der Waals surface area contributed by atoms with Crippen LogP contribution in [0.2, 0.25) is 0 Å². The van der Waals surface area contributed by atoms with Gasteiger partial charge in [-0.2, -0.15) is 18.2 Å². The third-order valence-electron chi connectivity index (χ3n) is 5.81. The molecule has 3 heterocycles. The molecule has 2 aromatic heterocycles. The molecule has 1 aliphatic heterocycles. The molecule has 35 heavy (non-hydrogen) atoms. The molecule has 0 aliphatic carbocycles. The second-order valence-corrected chi connectivity index (χ2v) is 8.14. The number of halogens is 3. The fraction of sp³-hybridized carbons (Fsp3) is 0.250. The third kappa shape index (κ3) is 4.80. The number of fused-ring (bicyclic) bond motifs is 1. The molecular weight excluding hydrogens is 465 g/mol. The van der Waals surface area contributed by atoms with E-state index >= 15 is 0 Å². The predicted molar refractivity (Wildman–Crippen MR) is 118 cm³/mol. The normalized spacial score (nSPS) is 15.0. The Morgan fingerprint density at radius 1 is 1.00 bits per heavy atom. The van der Waals surface area contributed by atoms with Crippen molar-refractivity contribution < 1.29 is 26.9 Å². The number of rotatable bonds is 4. The number of para-hydroxylation sites is 1. The van der Waals surface area contributed by atoms with Gasteiger partial charge < -0.3 is 13.8 Å². The van der Waals surface area contributed by atoms with Crippen LogP contribution in [0.5, 0.6) is 0 Å². The summed E-state index contributed by atoms with van der Waals surface area (Å²) in [7, 11) is 0. The van der Waals surface area contributed by atoms with E-state index in [2.05, 4.69) is 10.1 Å². The van der Waals surface area contributed by atoms with Gasteiger partial charge in [-0.3, -0.25) is 9.69 Å². The van der Waals surface area contributed by atoms with E-state index in [9.17, 15) is 22.8 Å². The molecule has 2 aromatic carbocycles. The summed E-state index contributed by atoms with van der Waals surface area (Å²) in [5.74, 6) is -0.0657. The van der Waals surface area contributed by atoms with E-state index in [1.807, 2.05) is 4.90 Å². The first kappa shape index (κ1) is 22.8. The first-order chi connectivity index (χ1) is 16.8. The minimum absolute atomic E-state index is 0.0141. The highest BCUT2D eigenvalue weighted by Gasteiger charge is 2.31. The van der Waals surface area contributed by atoms with Crippen LogP contribution in [0.15, 0.2) is 68.3 Å². The Bertz CT molecular complexity index is 1440. The highest BCUT2D eigenvalue weighted by atomic mass is 19.4. The summed E-state index contributed by atoms with van der Waals surface area (Å²) < 4.78 is 49.4.